The molecule has 0 aromatic carbocycles. The van der Waals surface area contributed by atoms with Gasteiger partial charge in [-0.05, 0) is 13.8 Å². The van der Waals surface area contributed by atoms with Gasteiger partial charge >= 0.3 is 0 Å². The van der Waals surface area contributed by atoms with Crippen molar-refractivity contribution in [3.05, 3.63) is 0 Å². The summed E-state index contributed by atoms with van der Waals surface area (Å²) in [6.07, 6.45) is -0.749. The van der Waals surface area contributed by atoms with E-state index in [0.29, 0.717) is 6.54 Å². The van der Waals surface area contributed by atoms with Crippen LogP contribution in [0.2, 0.25) is 0 Å². The highest BCUT2D eigenvalue weighted by Gasteiger charge is 2.12. The molecule has 1 atom stereocenters. The average Bonchev–Trinajstić information content (AvgIpc) is 2.03. The van der Waals surface area contributed by atoms with E-state index >= 15 is 0 Å². The van der Waals surface area contributed by atoms with Gasteiger partial charge in [-0.3, -0.25) is 4.90 Å². The van der Waals surface area contributed by atoms with Crippen molar-refractivity contribution in [2.45, 2.75) is 26.0 Å². The van der Waals surface area contributed by atoms with E-state index in [0.717, 1.165) is 0 Å². The van der Waals surface area contributed by atoms with Crippen LogP contribution in [0, 0.1) is 11.3 Å². The molecule has 0 radical (unpaired) electrons. The van der Waals surface area contributed by atoms with Crippen molar-refractivity contribution in [2.75, 3.05) is 19.7 Å². The zero-order chi connectivity index (χ0) is 9.56. The molecule has 0 fully saturated rings. The van der Waals surface area contributed by atoms with Crippen LogP contribution in [0.15, 0.2) is 0 Å². The zero-order valence-corrected chi connectivity index (χ0v) is 7.56. The van der Waals surface area contributed by atoms with Crippen LogP contribution in [-0.2, 0) is 0 Å². The quantitative estimate of drug-likeness (QED) is 0.552. The Hall–Kier alpha value is -0.630. The molecule has 0 aliphatic rings. The molecule has 0 saturated heterocycles. The van der Waals surface area contributed by atoms with Crippen LogP contribution >= 0.6 is 0 Å². The molecule has 0 spiro atoms. The summed E-state index contributed by atoms with van der Waals surface area (Å²) in [6.45, 7) is 4.27. The monoisotopic (exact) mass is 172 g/mol. The lowest BCUT2D eigenvalue weighted by Crippen LogP contribution is -2.39. The summed E-state index contributed by atoms with van der Waals surface area (Å²) in [7, 11) is 0. The van der Waals surface area contributed by atoms with E-state index in [1.807, 2.05) is 19.9 Å². The number of rotatable bonds is 5. The highest BCUT2D eigenvalue weighted by molar-refractivity contribution is 4.79. The first-order chi connectivity index (χ1) is 5.61. The summed E-state index contributed by atoms with van der Waals surface area (Å²) in [5.41, 5.74) is 0. The van der Waals surface area contributed by atoms with Gasteiger partial charge in [0.1, 0.15) is 0 Å². The Labute approximate surface area is 73.0 Å². The maximum absolute atomic E-state index is 9.10. The molecule has 0 aliphatic carbocycles. The molecule has 4 heteroatoms. The molecule has 4 nitrogen and oxygen atoms in total. The Balaban J connectivity index is 3.88. The molecular formula is C8H16N2O2. The first-order valence-electron chi connectivity index (χ1n) is 4.01. The molecule has 0 heterocycles. The fourth-order valence-corrected chi connectivity index (χ4v) is 0.877. The summed E-state index contributed by atoms with van der Waals surface area (Å²) in [6, 6.07) is 2.23. The van der Waals surface area contributed by atoms with E-state index in [1.165, 1.54) is 0 Å². The molecule has 0 aliphatic heterocycles. The zero-order valence-electron chi connectivity index (χ0n) is 7.56. The lowest BCUT2D eigenvalue weighted by Gasteiger charge is -2.25. The second kappa shape index (κ2) is 5.95. The van der Waals surface area contributed by atoms with Gasteiger partial charge in [0.2, 0.25) is 0 Å². The summed E-state index contributed by atoms with van der Waals surface area (Å²) >= 11 is 0. The lowest BCUT2D eigenvalue weighted by molar-refractivity contribution is 0.0543. The molecule has 1 unspecified atom stereocenters. The van der Waals surface area contributed by atoms with E-state index in [4.69, 9.17) is 15.5 Å². The van der Waals surface area contributed by atoms with Crippen molar-refractivity contribution >= 4 is 0 Å². The molecule has 12 heavy (non-hydrogen) atoms. The van der Waals surface area contributed by atoms with Crippen LogP contribution in [-0.4, -0.2) is 47.0 Å². The predicted molar refractivity (Wildman–Crippen MR) is 45.4 cm³/mol. The number of hydrogen-bond acceptors (Lipinski definition) is 4. The minimum Gasteiger partial charge on any atom is -0.394 e. The number of nitrogens with zero attached hydrogens (tertiary/aromatic N) is 2. The Morgan fingerprint density at radius 1 is 1.50 bits per heavy atom. The minimum atomic E-state index is -0.749. The third-order valence-electron chi connectivity index (χ3n) is 1.66. The third-order valence-corrected chi connectivity index (χ3v) is 1.66. The van der Waals surface area contributed by atoms with Gasteiger partial charge in [0.05, 0.1) is 25.3 Å². The van der Waals surface area contributed by atoms with E-state index in [2.05, 4.69) is 0 Å². The molecule has 2 N–H and O–H groups in total. The third kappa shape index (κ3) is 4.29. The van der Waals surface area contributed by atoms with E-state index < -0.39 is 6.10 Å². The summed E-state index contributed by atoms with van der Waals surface area (Å²) < 4.78 is 0. The molecule has 70 valence electrons. The van der Waals surface area contributed by atoms with Gasteiger partial charge in [-0.2, -0.15) is 5.26 Å². The van der Waals surface area contributed by atoms with Crippen molar-refractivity contribution in [1.29, 1.82) is 5.26 Å². The van der Waals surface area contributed by atoms with Crippen molar-refractivity contribution < 1.29 is 10.2 Å². The van der Waals surface area contributed by atoms with Gasteiger partial charge in [0, 0.05) is 12.6 Å². The summed E-state index contributed by atoms with van der Waals surface area (Å²) in [4.78, 5) is 1.81. The Bertz CT molecular complexity index is 154. The number of aliphatic hydroxyl groups excluding tert-OH is 2. The van der Waals surface area contributed by atoms with Crippen molar-refractivity contribution in [3.8, 4) is 6.07 Å². The fourth-order valence-electron chi connectivity index (χ4n) is 0.877. The molecule has 0 bridgehead atoms. The number of nitriles is 1. The van der Waals surface area contributed by atoms with Gasteiger partial charge < -0.3 is 10.2 Å². The SMILES string of the molecule is CC(C)N(CC#N)CC(O)CO. The second-order valence-electron chi connectivity index (χ2n) is 3.02. The van der Waals surface area contributed by atoms with E-state index in [-0.39, 0.29) is 19.2 Å². The maximum Gasteiger partial charge on any atom is 0.0897 e. The predicted octanol–water partition coefficient (Wildman–Crippen LogP) is -0.426. The number of hydrogen-bond donors (Lipinski definition) is 2. The second-order valence-corrected chi connectivity index (χ2v) is 3.02. The maximum atomic E-state index is 9.10. The highest BCUT2D eigenvalue weighted by atomic mass is 16.3. The van der Waals surface area contributed by atoms with E-state index in [9.17, 15) is 0 Å². The van der Waals surface area contributed by atoms with Gasteiger partial charge in [-0.15, -0.1) is 0 Å². The standard InChI is InChI=1S/C8H16N2O2/c1-7(2)10(4-3-9)5-8(12)6-11/h7-8,11-12H,4-6H2,1-2H3. The highest BCUT2D eigenvalue weighted by Crippen LogP contribution is 1.98. The van der Waals surface area contributed by atoms with Crippen LogP contribution in [0.25, 0.3) is 0 Å². The molecule has 0 saturated carbocycles. The molecule has 0 aromatic heterocycles. The van der Waals surface area contributed by atoms with Gasteiger partial charge in [0.25, 0.3) is 0 Å². The first kappa shape index (κ1) is 11.4. The van der Waals surface area contributed by atoms with Crippen LogP contribution in [0.4, 0.5) is 0 Å². The normalized spacial score (nSPS) is 13.4. The van der Waals surface area contributed by atoms with Crippen molar-refractivity contribution in [3.63, 3.8) is 0 Å². The molecule has 0 amide bonds. The first-order valence-corrected chi connectivity index (χ1v) is 4.01. The topological polar surface area (TPSA) is 67.5 Å². The lowest BCUT2D eigenvalue weighted by atomic mass is 10.2. The summed E-state index contributed by atoms with van der Waals surface area (Å²) in [5, 5.41) is 26.1. The minimum absolute atomic E-state index is 0.214. The Morgan fingerprint density at radius 3 is 2.42 bits per heavy atom. The summed E-state index contributed by atoms with van der Waals surface area (Å²) in [5.74, 6) is 0. The Kier molecular flexibility index (Phi) is 5.64. The smallest absolute Gasteiger partial charge is 0.0897 e. The van der Waals surface area contributed by atoms with Crippen LogP contribution < -0.4 is 0 Å². The van der Waals surface area contributed by atoms with Crippen LogP contribution in [0.1, 0.15) is 13.8 Å². The molecule has 0 aromatic rings. The molecular weight excluding hydrogens is 156 g/mol. The Morgan fingerprint density at radius 2 is 2.08 bits per heavy atom. The average molecular weight is 172 g/mol. The largest absolute Gasteiger partial charge is 0.394 e. The van der Waals surface area contributed by atoms with E-state index in [1.54, 1.807) is 4.90 Å². The van der Waals surface area contributed by atoms with Crippen LogP contribution in [0.3, 0.4) is 0 Å². The van der Waals surface area contributed by atoms with Crippen molar-refractivity contribution in [2.24, 2.45) is 0 Å². The van der Waals surface area contributed by atoms with Gasteiger partial charge in [-0.25, -0.2) is 0 Å². The van der Waals surface area contributed by atoms with Crippen molar-refractivity contribution in [1.82, 2.24) is 4.90 Å². The van der Waals surface area contributed by atoms with Crippen LogP contribution in [0.5, 0.6) is 0 Å². The van der Waals surface area contributed by atoms with Gasteiger partial charge in [-0.1, -0.05) is 0 Å². The van der Waals surface area contributed by atoms with Gasteiger partial charge in [0.15, 0.2) is 0 Å². The number of aliphatic hydroxyl groups is 2. The molecule has 0 rings (SSSR count). The fraction of sp³-hybridized carbons (Fsp3) is 0.875.